The van der Waals surface area contributed by atoms with Gasteiger partial charge in [-0.05, 0) is 45.0 Å². The van der Waals surface area contributed by atoms with Crippen molar-refractivity contribution in [3.8, 4) is 22.7 Å². The minimum atomic E-state index is -0.211. The number of aryl methyl sites for hydroxylation is 3. The number of carbonyl (C=O) groups excluding carboxylic acids is 1. The first-order chi connectivity index (χ1) is 13.5. The molecule has 4 aromatic rings. The van der Waals surface area contributed by atoms with Crippen LogP contribution in [0, 0.1) is 20.8 Å². The summed E-state index contributed by atoms with van der Waals surface area (Å²) in [4.78, 5) is 22.4. The lowest BCUT2D eigenvalue weighted by Gasteiger charge is -2.02. The van der Waals surface area contributed by atoms with Crippen LogP contribution in [0.25, 0.3) is 22.7 Å². The SMILES string of the molecule is Cc1ccc(-c2nc(NC(=O)c3ccc(-c4nc(C)no4)cc3)sc2C)cc1. The smallest absolute Gasteiger partial charge is 0.257 e. The summed E-state index contributed by atoms with van der Waals surface area (Å²) in [5.41, 5.74) is 4.43. The second-order valence-electron chi connectivity index (χ2n) is 6.47. The van der Waals surface area contributed by atoms with Crippen LogP contribution in [0.15, 0.2) is 53.1 Å². The van der Waals surface area contributed by atoms with E-state index in [9.17, 15) is 4.79 Å². The lowest BCUT2D eigenvalue weighted by Crippen LogP contribution is -2.11. The number of amides is 1. The van der Waals surface area contributed by atoms with Gasteiger partial charge in [-0.2, -0.15) is 4.98 Å². The topological polar surface area (TPSA) is 80.9 Å². The lowest BCUT2D eigenvalue weighted by atomic mass is 10.1. The number of nitrogens with zero attached hydrogens (tertiary/aromatic N) is 3. The normalized spacial score (nSPS) is 10.8. The molecule has 6 nitrogen and oxygen atoms in total. The van der Waals surface area contributed by atoms with Crippen LogP contribution in [-0.2, 0) is 0 Å². The molecule has 0 saturated heterocycles. The maximum atomic E-state index is 12.6. The van der Waals surface area contributed by atoms with Crippen LogP contribution < -0.4 is 5.32 Å². The Balaban J connectivity index is 1.51. The zero-order chi connectivity index (χ0) is 19.7. The van der Waals surface area contributed by atoms with E-state index in [1.165, 1.54) is 16.9 Å². The van der Waals surface area contributed by atoms with Crippen molar-refractivity contribution >= 4 is 22.4 Å². The Bertz CT molecular complexity index is 1130. The number of nitrogens with one attached hydrogen (secondary N) is 1. The van der Waals surface area contributed by atoms with Crippen LogP contribution in [0.1, 0.15) is 26.6 Å². The van der Waals surface area contributed by atoms with Gasteiger partial charge in [0.15, 0.2) is 11.0 Å². The van der Waals surface area contributed by atoms with Crippen LogP contribution in [0.3, 0.4) is 0 Å². The average molecular weight is 390 g/mol. The standard InChI is InChI=1S/C21H18N4O2S/c1-12-4-6-15(7-5-12)18-13(2)28-21(23-18)24-19(26)16-8-10-17(11-9-16)20-22-14(3)25-27-20/h4-11H,1-3H3,(H,23,24,26). The maximum absolute atomic E-state index is 12.6. The van der Waals surface area contributed by atoms with Gasteiger partial charge in [-0.25, -0.2) is 4.98 Å². The quantitative estimate of drug-likeness (QED) is 0.528. The lowest BCUT2D eigenvalue weighted by molar-refractivity contribution is 0.102. The summed E-state index contributed by atoms with van der Waals surface area (Å²) in [5.74, 6) is 0.792. The summed E-state index contributed by atoms with van der Waals surface area (Å²) in [6.45, 7) is 5.81. The van der Waals surface area contributed by atoms with Crippen molar-refractivity contribution in [1.82, 2.24) is 15.1 Å². The van der Waals surface area contributed by atoms with E-state index in [0.29, 0.717) is 22.4 Å². The molecule has 0 atom stereocenters. The zero-order valence-electron chi connectivity index (χ0n) is 15.7. The molecule has 0 bridgehead atoms. The summed E-state index contributed by atoms with van der Waals surface area (Å²) >= 11 is 1.46. The number of hydrogen-bond donors (Lipinski definition) is 1. The first kappa shape index (κ1) is 18.1. The first-order valence-electron chi connectivity index (χ1n) is 8.76. The molecule has 0 aliphatic carbocycles. The van der Waals surface area contributed by atoms with Gasteiger partial charge < -0.3 is 4.52 Å². The fourth-order valence-corrected chi connectivity index (χ4v) is 3.61. The van der Waals surface area contributed by atoms with E-state index in [1.54, 1.807) is 31.2 Å². The Morgan fingerprint density at radius 1 is 0.929 bits per heavy atom. The van der Waals surface area contributed by atoms with Crippen molar-refractivity contribution in [3.05, 3.63) is 70.4 Å². The molecule has 0 fully saturated rings. The van der Waals surface area contributed by atoms with Crippen molar-refractivity contribution in [2.24, 2.45) is 0 Å². The van der Waals surface area contributed by atoms with Gasteiger partial charge in [0.25, 0.3) is 11.8 Å². The van der Waals surface area contributed by atoms with E-state index in [-0.39, 0.29) is 5.91 Å². The number of anilines is 1. The van der Waals surface area contributed by atoms with E-state index >= 15 is 0 Å². The third-order valence-corrected chi connectivity index (χ3v) is 5.15. The van der Waals surface area contributed by atoms with Gasteiger partial charge in [-0.1, -0.05) is 35.0 Å². The largest absolute Gasteiger partial charge is 0.334 e. The molecule has 140 valence electrons. The van der Waals surface area contributed by atoms with Crippen molar-refractivity contribution in [1.29, 1.82) is 0 Å². The molecular weight excluding hydrogens is 372 g/mol. The van der Waals surface area contributed by atoms with E-state index in [2.05, 4.69) is 32.6 Å². The Morgan fingerprint density at radius 3 is 2.25 bits per heavy atom. The minimum absolute atomic E-state index is 0.211. The minimum Gasteiger partial charge on any atom is -0.334 e. The van der Waals surface area contributed by atoms with Crippen molar-refractivity contribution in [2.45, 2.75) is 20.8 Å². The van der Waals surface area contributed by atoms with Crippen LogP contribution in [-0.4, -0.2) is 21.0 Å². The third kappa shape index (κ3) is 3.70. The first-order valence-corrected chi connectivity index (χ1v) is 9.58. The molecule has 2 aromatic carbocycles. The highest BCUT2D eigenvalue weighted by atomic mass is 32.1. The van der Waals surface area contributed by atoms with Gasteiger partial charge in [0, 0.05) is 21.6 Å². The van der Waals surface area contributed by atoms with Gasteiger partial charge in [-0.3, -0.25) is 10.1 Å². The van der Waals surface area contributed by atoms with Crippen molar-refractivity contribution in [2.75, 3.05) is 5.32 Å². The van der Waals surface area contributed by atoms with E-state index in [1.807, 2.05) is 26.0 Å². The molecule has 0 aliphatic rings. The molecule has 0 aliphatic heterocycles. The monoisotopic (exact) mass is 390 g/mol. The highest BCUT2D eigenvalue weighted by Crippen LogP contribution is 2.30. The molecule has 7 heteroatoms. The summed E-state index contributed by atoms with van der Waals surface area (Å²) in [6.07, 6.45) is 0. The van der Waals surface area contributed by atoms with E-state index < -0.39 is 0 Å². The second kappa shape index (κ2) is 7.36. The molecule has 4 rings (SSSR count). The summed E-state index contributed by atoms with van der Waals surface area (Å²) in [6, 6.07) is 15.2. The summed E-state index contributed by atoms with van der Waals surface area (Å²) < 4.78 is 5.14. The molecule has 1 N–H and O–H groups in total. The predicted octanol–water partition coefficient (Wildman–Crippen LogP) is 5.04. The molecule has 1 amide bonds. The van der Waals surface area contributed by atoms with Crippen molar-refractivity contribution < 1.29 is 9.32 Å². The molecule has 0 unspecified atom stereocenters. The van der Waals surface area contributed by atoms with Gasteiger partial charge >= 0.3 is 0 Å². The Hall–Kier alpha value is -3.32. The number of hydrogen-bond acceptors (Lipinski definition) is 6. The Labute approximate surface area is 166 Å². The third-order valence-electron chi connectivity index (χ3n) is 4.26. The number of thiazole rings is 1. The van der Waals surface area contributed by atoms with Gasteiger partial charge in [0.05, 0.1) is 5.69 Å². The number of aromatic nitrogens is 3. The van der Waals surface area contributed by atoms with Gasteiger partial charge in [0.1, 0.15) is 0 Å². The molecule has 0 spiro atoms. The maximum Gasteiger partial charge on any atom is 0.257 e. The molecule has 0 radical (unpaired) electrons. The Morgan fingerprint density at radius 2 is 1.61 bits per heavy atom. The number of benzene rings is 2. The highest BCUT2D eigenvalue weighted by molar-refractivity contribution is 7.16. The molecule has 0 saturated carbocycles. The second-order valence-corrected chi connectivity index (χ2v) is 7.67. The number of carbonyl (C=O) groups is 1. The van der Waals surface area contributed by atoms with E-state index in [4.69, 9.17) is 4.52 Å². The fourth-order valence-electron chi connectivity index (χ4n) is 2.78. The van der Waals surface area contributed by atoms with Gasteiger partial charge in [-0.15, -0.1) is 11.3 Å². The number of rotatable bonds is 4. The molecule has 2 heterocycles. The predicted molar refractivity (Wildman–Crippen MR) is 109 cm³/mol. The Kier molecular flexibility index (Phi) is 4.75. The van der Waals surface area contributed by atoms with Crippen molar-refractivity contribution in [3.63, 3.8) is 0 Å². The molecule has 28 heavy (non-hydrogen) atoms. The average Bonchev–Trinajstić information content (AvgIpc) is 3.28. The van der Waals surface area contributed by atoms with Gasteiger partial charge in [0.2, 0.25) is 0 Å². The fraction of sp³-hybridized carbons (Fsp3) is 0.143. The van der Waals surface area contributed by atoms with Crippen LogP contribution in [0.4, 0.5) is 5.13 Å². The summed E-state index contributed by atoms with van der Waals surface area (Å²) in [7, 11) is 0. The zero-order valence-corrected chi connectivity index (χ0v) is 16.5. The molecular formula is C21H18N4O2S. The van der Waals surface area contributed by atoms with Crippen LogP contribution >= 0.6 is 11.3 Å². The van der Waals surface area contributed by atoms with E-state index in [0.717, 1.165) is 21.7 Å². The van der Waals surface area contributed by atoms with Crippen LogP contribution in [0.5, 0.6) is 0 Å². The summed E-state index contributed by atoms with van der Waals surface area (Å²) in [5, 5.41) is 7.23. The van der Waals surface area contributed by atoms with Crippen LogP contribution in [0.2, 0.25) is 0 Å². The molecule has 2 aromatic heterocycles. The highest BCUT2D eigenvalue weighted by Gasteiger charge is 2.14.